The molecule has 1 aromatic heterocycles. The van der Waals surface area contributed by atoms with Crippen molar-refractivity contribution >= 4 is 11.3 Å². The number of nitrogens with one attached hydrogen (secondary N) is 1. The summed E-state index contributed by atoms with van der Waals surface area (Å²) in [6.07, 6.45) is 2.66. The highest BCUT2D eigenvalue weighted by molar-refractivity contribution is 7.09. The summed E-state index contributed by atoms with van der Waals surface area (Å²) >= 11 is 1.66. The first kappa shape index (κ1) is 12.2. The van der Waals surface area contributed by atoms with Crippen LogP contribution in [0.25, 0.3) is 0 Å². The summed E-state index contributed by atoms with van der Waals surface area (Å²) in [7, 11) is 0. The Labute approximate surface area is 106 Å². The van der Waals surface area contributed by atoms with Gasteiger partial charge in [-0.15, -0.1) is 11.3 Å². The molecular formula is C13H17N3S. The number of nitrogens with zero attached hydrogens (tertiary/aromatic N) is 1. The van der Waals surface area contributed by atoms with Gasteiger partial charge < -0.3 is 0 Å². The lowest BCUT2D eigenvalue weighted by Crippen LogP contribution is -2.30. The Hall–Kier alpha value is -1.23. The maximum atomic E-state index is 5.67. The van der Waals surface area contributed by atoms with Crippen molar-refractivity contribution in [3.05, 3.63) is 51.5 Å². The summed E-state index contributed by atoms with van der Waals surface area (Å²) in [5.41, 5.74) is 6.74. The van der Waals surface area contributed by atoms with E-state index in [0.717, 1.165) is 11.4 Å². The topological polar surface area (TPSA) is 50.9 Å². The third kappa shape index (κ3) is 2.72. The van der Waals surface area contributed by atoms with Crippen LogP contribution in [-0.4, -0.2) is 4.98 Å². The Morgan fingerprint density at radius 1 is 1.41 bits per heavy atom. The molecule has 0 aliphatic rings. The maximum absolute atomic E-state index is 5.67. The number of hydrazine groups is 1. The van der Waals surface area contributed by atoms with Gasteiger partial charge >= 0.3 is 0 Å². The zero-order valence-electron chi connectivity index (χ0n) is 10.1. The lowest BCUT2D eigenvalue weighted by Gasteiger charge is -2.18. The molecule has 0 bridgehead atoms. The van der Waals surface area contributed by atoms with E-state index in [0.29, 0.717) is 0 Å². The van der Waals surface area contributed by atoms with Crippen LogP contribution in [0.3, 0.4) is 0 Å². The number of hydrogen-bond donors (Lipinski definition) is 2. The minimum atomic E-state index is 0.126. The lowest BCUT2D eigenvalue weighted by molar-refractivity contribution is 0.548. The molecule has 1 unspecified atom stereocenters. The number of aryl methyl sites for hydroxylation is 1. The van der Waals surface area contributed by atoms with Crippen molar-refractivity contribution in [2.45, 2.75) is 26.3 Å². The number of thiazole rings is 1. The van der Waals surface area contributed by atoms with Crippen molar-refractivity contribution < 1.29 is 0 Å². The summed E-state index contributed by atoms with van der Waals surface area (Å²) in [6.45, 7) is 4.26. The molecule has 0 spiro atoms. The fourth-order valence-electron chi connectivity index (χ4n) is 1.94. The first-order valence-electron chi connectivity index (χ1n) is 5.63. The highest BCUT2D eigenvalue weighted by Gasteiger charge is 2.14. The molecule has 3 nitrogen and oxygen atoms in total. The molecule has 4 heteroatoms. The molecule has 0 radical (unpaired) electrons. The van der Waals surface area contributed by atoms with Gasteiger partial charge in [-0.1, -0.05) is 18.2 Å². The molecule has 2 aromatic rings. The van der Waals surface area contributed by atoms with Crippen molar-refractivity contribution in [1.29, 1.82) is 0 Å². The Balaban J connectivity index is 2.26. The summed E-state index contributed by atoms with van der Waals surface area (Å²) in [4.78, 5) is 4.30. The molecule has 1 aromatic carbocycles. The second-order valence-electron chi connectivity index (χ2n) is 4.14. The van der Waals surface area contributed by atoms with Gasteiger partial charge in [-0.05, 0) is 30.5 Å². The fraction of sp³-hybridized carbons (Fsp3) is 0.308. The first-order valence-corrected chi connectivity index (χ1v) is 6.51. The van der Waals surface area contributed by atoms with Crippen LogP contribution in [0.1, 0.15) is 27.7 Å². The maximum Gasteiger partial charge on any atom is 0.0944 e. The Morgan fingerprint density at radius 2 is 2.24 bits per heavy atom. The van der Waals surface area contributed by atoms with Gasteiger partial charge in [0.25, 0.3) is 0 Å². The lowest BCUT2D eigenvalue weighted by atomic mass is 9.96. The van der Waals surface area contributed by atoms with E-state index in [2.05, 4.69) is 42.5 Å². The second-order valence-corrected chi connectivity index (χ2v) is 5.12. The van der Waals surface area contributed by atoms with E-state index in [1.54, 1.807) is 11.3 Å². The number of hydrogen-bond acceptors (Lipinski definition) is 4. The SMILES string of the molecule is Cc1cccc(C(Cc2nccs2)NN)c1C. The van der Waals surface area contributed by atoms with E-state index >= 15 is 0 Å². The summed E-state index contributed by atoms with van der Waals surface area (Å²) in [5.74, 6) is 5.67. The molecule has 90 valence electrons. The normalized spacial score (nSPS) is 12.6. The molecule has 0 saturated carbocycles. The first-order chi connectivity index (χ1) is 8.22. The Morgan fingerprint density at radius 3 is 2.88 bits per heavy atom. The third-order valence-corrected chi connectivity index (χ3v) is 3.89. The van der Waals surface area contributed by atoms with Crippen LogP contribution in [0.15, 0.2) is 29.8 Å². The molecule has 0 amide bonds. The highest BCUT2D eigenvalue weighted by atomic mass is 32.1. The van der Waals surface area contributed by atoms with Gasteiger partial charge in [-0.2, -0.15) is 0 Å². The summed E-state index contributed by atoms with van der Waals surface area (Å²) in [5, 5.41) is 3.10. The standard InChI is InChI=1S/C13H17N3S/c1-9-4-3-5-11(10(9)2)12(16-14)8-13-15-6-7-17-13/h3-7,12,16H,8,14H2,1-2H3. The van der Waals surface area contributed by atoms with E-state index in [-0.39, 0.29) is 6.04 Å². The van der Waals surface area contributed by atoms with Gasteiger partial charge in [0, 0.05) is 18.0 Å². The average molecular weight is 247 g/mol. The molecular weight excluding hydrogens is 230 g/mol. The highest BCUT2D eigenvalue weighted by Crippen LogP contribution is 2.23. The zero-order valence-corrected chi connectivity index (χ0v) is 10.9. The number of benzene rings is 1. The van der Waals surface area contributed by atoms with E-state index in [1.165, 1.54) is 16.7 Å². The van der Waals surface area contributed by atoms with Gasteiger partial charge in [-0.3, -0.25) is 11.3 Å². The molecule has 0 saturated heterocycles. The van der Waals surface area contributed by atoms with Crippen molar-refractivity contribution in [2.24, 2.45) is 5.84 Å². The van der Waals surface area contributed by atoms with Crippen LogP contribution in [0.5, 0.6) is 0 Å². The molecule has 2 rings (SSSR count). The largest absolute Gasteiger partial charge is 0.271 e. The van der Waals surface area contributed by atoms with Crippen LogP contribution < -0.4 is 11.3 Å². The minimum Gasteiger partial charge on any atom is -0.271 e. The molecule has 17 heavy (non-hydrogen) atoms. The van der Waals surface area contributed by atoms with Gasteiger partial charge in [-0.25, -0.2) is 4.98 Å². The smallest absolute Gasteiger partial charge is 0.0944 e. The Bertz CT molecular complexity index is 479. The predicted octanol–water partition coefficient (Wildman–Crippen LogP) is 2.51. The van der Waals surface area contributed by atoms with Gasteiger partial charge in [0.05, 0.1) is 11.0 Å². The number of aromatic nitrogens is 1. The van der Waals surface area contributed by atoms with Crippen LogP contribution in [-0.2, 0) is 6.42 Å². The van der Waals surface area contributed by atoms with Crippen molar-refractivity contribution in [3.8, 4) is 0 Å². The van der Waals surface area contributed by atoms with Crippen molar-refractivity contribution in [2.75, 3.05) is 0 Å². The van der Waals surface area contributed by atoms with E-state index in [4.69, 9.17) is 5.84 Å². The van der Waals surface area contributed by atoms with Crippen LogP contribution in [0, 0.1) is 13.8 Å². The van der Waals surface area contributed by atoms with E-state index in [9.17, 15) is 0 Å². The number of nitrogens with two attached hydrogens (primary N) is 1. The molecule has 1 atom stereocenters. The predicted molar refractivity (Wildman–Crippen MR) is 71.8 cm³/mol. The van der Waals surface area contributed by atoms with Crippen LogP contribution in [0.4, 0.5) is 0 Å². The zero-order chi connectivity index (χ0) is 12.3. The van der Waals surface area contributed by atoms with E-state index in [1.807, 2.05) is 11.6 Å². The molecule has 1 heterocycles. The molecule has 0 aliphatic heterocycles. The van der Waals surface area contributed by atoms with Gasteiger partial charge in [0.2, 0.25) is 0 Å². The third-order valence-electron chi connectivity index (χ3n) is 3.09. The van der Waals surface area contributed by atoms with Crippen molar-refractivity contribution in [1.82, 2.24) is 10.4 Å². The summed E-state index contributed by atoms with van der Waals surface area (Å²) < 4.78 is 0. The monoisotopic (exact) mass is 247 g/mol. The number of rotatable bonds is 4. The van der Waals surface area contributed by atoms with Crippen LogP contribution in [0.2, 0.25) is 0 Å². The average Bonchev–Trinajstić information content (AvgIpc) is 2.83. The quantitative estimate of drug-likeness (QED) is 0.644. The molecule has 0 fully saturated rings. The summed E-state index contributed by atoms with van der Waals surface area (Å²) in [6, 6.07) is 6.45. The second kappa shape index (κ2) is 5.40. The van der Waals surface area contributed by atoms with E-state index < -0.39 is 0 Å². The van der Waals surface area contributed by atoms with Gasteiger partial charge in [0.15, 0.2) is 0 Å². The molecule has 0 aliphatic carbocycles. The minimum absolute atomic E-state index is 0.126. The molecule has 3 N–H and O–H groups in total. The fourth-order valence-corrected chi connectivity index (χ4v) is 2.60. The van der Waals surface area contributed by atoms with Crippen molar-refractivity contribution in [3.63, 3.8) is 0 Å². The van der Waals surface area contributed by atoms with Crippen LogP contribution >= 0.6 is 11.3 Å². The van der Waals surface area contributed by atoms with Gasteiger partial charge in [0.1, 0.15) is 0 Å². The Kier molecular flexibility index (Phi) is 3.89.